The van der Waals surface area contributed by atoms with Gasteiger partial charge in [-0.15, -0.1) is 0 Å². The minimum absolute atomic E-state index is 0.0658. The minimum atomic E-state index is -5.28. The standard InChI is InChI=1S/C13H24F3N5O3S/c1-4-17-12(18-9-11(22)20(2)3)19-10-5-7-21(8-6-10)25(23,24)13(14,15)16/h10H,4-9H2,1-3H3,(H2,17,18,19). The molecule has 1 aliphatic heterocycles. The second-order valence-electron chi connectivity index (χ2n) is 5.75. The molecule has 0 aromatic rings. The van der Waals surface area contributed by atoms with Gasteiger partial charge in [0.05, 0.1) is 0 Å². The summed E-state index contributed by atoms with van der Waals surface area (Å²) in [6, 6.07) is -0.230. The van der Waals surface area contributed by atoms with Crippen LogP contribution < -0.4 is 10.6 Å². The second kappa shape index (κ2) is 8.70. The van der Waals surface area contributed by atoms with E-state index in [2.05, 4.69) is 15.6 Å². The Labute approximate surface area is 145 Å². The fourth-order valence-corrected chi connectivity index (χ4v) is 3.17. The molecule has 146 valence electrons. The summed E-state index contributed by atoms with van der Waals surface area (Å²) in [5.74, 6) is 0.179. The van der Waals surface area contributed by atoms with Gasteiger partial charge >= 0.3 is 15.5 Å². The summed E-state index contributed by atoms with van der Waals surface area (Å²) in [6.07, 6.45) is 0.419. The Morgan fingerprint density at radius 2 is 1.84 bits per heavy atom. The third-order valence-corrected chi connectivity index (χ3v) is 5.27. The monoisotopic (exact) mass is 387 g/mol. The van der Waals surface area contributed by atoms with E-state index in [1.54, 1.807) is 14.1 Å². The molecule has 1 rings (SSSR count). The van der Waals surface area contributed by atoms with E-state index >= 15 is 0 Å². The highest BCUT2D eigenvalue weighted by Gasteiger charge is 2.50. The van der Waals surface area contributed by atoms with Gasteiger partial charge in [-0.2, -0.15) is 17.5 Å². The van der Waals surface area contributed by atoms with Crippen LogP contribution >= 0.6 is 0 Å². The highest BCUT2D eigenvalue weighted by molar-refractivity contribution is 7.90. The summed E-state index contributed by atoms with van der Waals surface area (Å²) in [5.41, 5.74) is -5.28. The summed E-state index contributed by atoms with van der Waals surface area (Å²) in [5, 5.41) is 5.97. The molecule has 1 aliphatic rings. The molecule has 1 fully saturated rings. The maximum absolute atomic E-state index is 12.6. The Morgan fingerprint density at radius 3 is 2.28 bits per heavy atom. The van der Waals surface area contributed by atoms with E-state index in [0.717, 1.165) is 0 Å². The minimum Gasteiger partial charge on any atom is -0.357 e. The lowest BCUT2D eigenvalue weighted by Crippen LogP contribution is -2.51. The van der Waals surface area contributed by atoms with Gasteiger partial charge in [0, 0.05) is 39.8 Å². The molecule has 0 saturated carbocycles. The van der Waals surface area contributed by atoms with Crippen LogP contribution in [-0.4, -0.2) is 81.3 Å². The lowest BCUT2D eigenvalue weighted by molar-refractivity contribution is -0.127. The number of amides is 1. The number of likely N-dealkylation sites (N-methyl/N-ethyl adjacent to an activating group) is 1. The van der Waals surface area contributed by atoms with E-state index in [9.17, 15) is 26.4 Å². The van der Waals surface area contributed by atoms with E-state index in [1.807, 2.05) is 6.92 Å². The number of sulfonamides is 1. The first kappa shape index (κ1) is 21.5. The van der Waals surface area contributed by atoms with Crippen molar-refractivity contribution >= 4 is 21.9 Å². The van der Waals surface area contributed by atoms with Crippen LogP contribution in [0.3, 0.4) is 0 Å². The summed E-state index contributed by atoms with van der Waals surface area (Å²) in [4.78, 5) is 17.1. The van der Waals surface area contributed by atoms with Gasteiger partial charge in [-0.25, -0.2) is 13.4 Å². The number of halogens is 3. The molecular weight excluding hydrogens is 363 g/mol. The Morgan fingerprint density at radius 1 is 1.28 bits per heavy atom. The topological polar surface area (TPSA) is 94.1 Å². The molecule has 2 N–H and O–H groups in total. The molecule has 1 heterocycles. The molecule has 0 aromatic heterocycles. The van der Waals surface area contributed by atoms with Crippen LogP contribution in [-0.2, 0) is 14.8 Å². The molecule has 8 nitrogen and oxygen atoms in total. The van der Waals surface area contributed by atoms with Crippen molar-refractivity contribution in [2.24, 2.45) is 4.99 Å². The maximum atomic E-state index is 12.6. The Balaban J connectivity index is 2.63. The van der Waals surface area contributed by atoms with Gasteiger partial charge in [0.2, 0.25) is 5.91 Å². The molecule has 1 saturated heterocycles. The van der Waals surface area contributed by atoms with Crippen LogP contribution in [0.15, 0.2) is 4.99 Å². The van der Waals surface area contributed by atoms with Crippen LogP contribution in [0.1, 0.15) is 19.8 Å². The Hall–Kier alpha value is -1.56. The fraction of sp³-hybridized carbons (Fsp3) is 0.846. The largest absolute Gasteiger partial charge is 0.511 e. The first-order valence-electron chi connectivity index (χ1n) is 7.80. The Bertz CT molecular complexity index is 584. The molecule has 0 spiro atoms. The molecule has 0 bridgehead atoms. The SMILES string of the molecule is CCNC(=NCC(=O)N(C)C)NC1CCN(S(=O)(=O)C(F)(F)F)CC1. The molecule has 25 heavy (non-hydrogen) atoms. The van der Waals surface area contributed by atoms with E-state index in [4.69, 9.17) is 0 Å². The van der Waals surface area contributed by atoms with Gasteiger partial charge in [-0.3, -0.25) is 4.79 Å². The van der Waals surface area contributed by atoms with E-state index < -0.39 is 15.5 Å². The normalized spacial score (nSPS) is 18.1. The predicted octanol–water partition coefficient (Wildman–Crippen LogP) is -0.0563. The van der Waals surface area contributed by atoms with Crippen LogP contribution in [0.25, 0.3) is 0 Å². The highest BCUT2D eigenvalue weighted by Crippen LogP contribution is 2.28. The van der Waals surface area contributed by atoms with Crippen molar-refractivity contribution in [3.05, 3.63) is 0 Å². The number of alkyl halides is 3. The number of rotatable bonds is 5. The van der Waals surface area contributed by atoms with Crippen molar-refractivity contribution in [1.82, 2.24) is 19.8 Å². The van der Waals surface area contributed by atoms with Crippen LogP contribution in [0, 0.1) is 0 Å². The van der Waals surface area contributed by atoms with E-state index in [0.29, 0.717) is 16.8 Å². The molecule has 0 radical (unpaired) electrons. The molecule has 0 aromatic carbocycles. The second-order valence-corrected chi connectivity index (χ2v) is 7.68. The number of aliphatic imine (C=N–C) groups is 1. The van der Waals surface area contributed by atoms with Crippen molar-refractivity contribution in [1.29, 1.82) is 0 Å². The number of hydrogen-bond acceptors (Lipinski definition) is 4. The zero-order valence-electron chi connectivity index (χ0n) is 14.4. The molecule has 0 atom stereocenters. The van der Waals surface area contributed by atoms with Crippen molar-refractivity contribution in [3.8, 4) is 0 Å². The van der Waals surface area contributed by atoms with Gasteiger partial charge in [0.15, 0.2) is 5.96 Å². The van der Waals surface area contributed by atoms with E-state index in [1.165, 1.54) is 4.90 Å². The number of hydrogen-bond donors (Lipinski definition) is 2. The number of nitrogens with zero attached hydrogens (tertiary/aromatic N) is 3. The van der Waals surface area contributed by atoms with Gasteiger partial charge in [-0.1, -0.05) is 0 Å². The number of carbonyl (C=O) groups excluding carboxylic acids is 1. The third-order valence-electron chi connectivity index (χ3n) is 3.64. The first-order valence-corrected chi connectivity index (χ1v) is 9.24. The van der Waals surface area contributed by atoms with Crippen LogP contribution in [0.4, 0.5) is 13.2 Å². The van der Waals surface area contributed by atoms with Crippen molar-refractivity contribution in [2.75, 3.05) is 40.3 Å². The van der Waals surface area contributed by atoms with Gasteiger partial charge < -0.3 is 15.5 Å². The number of guanidine groups is 1. The van der Waals surface area contributed by atoms with Crippen LogP contribution in [0.2, 0.25) is 0 Å². The van der Waals surface area contributed by atoms with Crippen molar-refractivity contribution < 1.29 is 26.4 Å². The molecule has 1 amide bonds. The average Bonchev–Trinajstić information content (AvgIpc) is 2.51. The van der Waals surface area contributed by atoms with Crippen LogP contribution in [0.5, 0.6) is 0 Å². The quantitative estimate of drug-likeness (QED) is 0.509. The highest BCUT2D eigenvalue weighted by atomic mass is 32.2. The van der Waals surface area contributed by atoms with E-state index in [-0.39, 0.29) is 44.4 Å². The summed E-state index contributed by atoms with van der Waals surface area (Å²) < 4.78 is 60.9. The van der Waals surface area contributed by atoms with Crippen molar-refractivity contribution in [3.63, 3.8) is 0 Å². The van der Waals surface area contributed by atoms with Gasteiger partial charge in [0.25, 0.3) is 0 Å². The predicted molar refractivity (Wildman–Crippen MR) is 87.4 cm³/mol. The molecule has 0 aliphatic carbocycles. The zero-order valence-corrected chi connectivity index (χ0v) is 15.2. The van der Waals surface area contributed by atoms with Gasteiger partial charge in [0.1, 0.15) is 6.54 Å². The fourth-order valence-electron chi connectivity index (χ4n) is 2.19. The number of nitrogens with one attached hydrogen (secondary N) is 2. The molecule has 12 heteroatoms. The summed E-state index contributed by atoms with van der Waals surface area (Å²) in [6.45, 7) is 1.86. The number of piperidine rings is 1. The summed E-state index contributed by atoms with van der Waals surface area (Å²) >= 11 is 0. The first-order chi connectivity index (χ1) is 11.5. The lowest BCUT2D eigenvalue weighted by Gasteiger charge is -2.32. The maximum Gasteiger partial charge on any atom is 0.511 e. The molecular formula is C13H24F3N5O3S. The average molecular weight is 387 g/mol. The van der Waals surface area contributed by atoms with Crippen molar-refractivity contribution in [2.45, 2.75) is 31.3 Å². The third kappa shape index (κ3) is 6.03. The van der Waals surface area contributed by atoms with Gasteiger partial charge in [-0.05, 0) is 19.8 Å². The summed E-state index contributed by atoms with van der Waals surface area (Å²) in [7, 11) is -2.07. The smallest absolute Gasteiger partial charge is 0.357 e. The zero-order chi connectivity index (χ0) is 19.3. The lowest BCUT2D eigenvalue weighted by atomic mass is 10.1. The Kier molecular flexibility index (Phi) is 7.47. The molecule has 0 unspecified atom stereocenters. The number of carbonyl (C=O) groups is 1.